The summed E-state index contributed by atoms with van der Waals surface area (Å²) in [5.74, 6) is 0.0875. The highest BCUT2D eigenvalue weighted by Crippen LogP contribution is 2.24. The lowest BCUT2D eigenvalue weighted by atomic mass is 10.2. The number of aromatic nitrogens is 4. The molecule has 34 heavy (non-hydrogen) atoms. The summed E-state index contributed by atoms with van der Waals surface area (Å²) in [7, 11) is 0. The van der Waals surface area contributed by atoms with Gasteiger partial charge in [0.1, 0.15) is 30.8 Å². The van der Waals surface area contributed by atoms with Crippen molar-refractivity contribution in [2.75, 3.05) is 11.9 Å². The first-order chi connectivity index (χ1) is 16.4. The van der Waals surface area contributed by atoms with Gasteiger partial charge in [-0.3, -0.25) is 4.79 Å². The molecule has 0 saturated carbocycles. The molecule has 0 fully saturated rings. The fraction of sp³-hybridized carbons (Fsp3) is 0.174. The predicted octanol–water partition coefficient (Wildman–Crippen LogP) is 3.90. The van der Waals surface area contributed by atoms with Crippen LogP contribution in [0.5, 0.6) is 5.75 Å². The quantitative estimate of drug-likeness (QED) is 0.376. The number of amides is 1. The van der Waals surface area contributed by atoms with Crippen molar-refractivity contribution in [3.63, 3.8) is 0 Å². The Balaban J connectivity index is 1.32. The maximum Gasteiger partial charge on any atom is 0.338 e. The number of nitrogens with zero attached hydrogens (tertiary/aromatic N) is 4. The Kier molecular flexibility index (Phi) is 6.88. The maximum atomic E-state index is 12.4. The van der Waals surface area contributed by atoms with Gasteiger partial charge >= 0.3 is 5.97 Å². The minimum absolute atomic E-state index is 0.281. The zero-order valence-electron chi connectivity index (χ0n) is 18.3. The molecule has 11 heteroatoms. The van der Waals surface area contributed by atoms with Gasteiger partial charge in [-0.2, -0.15) is 5.10 Å². The van der Waals surface area contributed by atoms with E-state index in [4.69, 9.17) is 25.6 Å². The van der Waals surface area contributed by atoms with Crippen molar-refractivity contribution in [3.05, 3.63) is 82.7 Å². The lowest BCUT2D eigenvalue weighted by Crippen LogP contribution is -2.21. The predicted molar refractivity (Wildman–Crippen MR) is 122 cm³/mol. The van der Waals surface area contributed by atoms with E-state index in [2.05, 4.69) is 20.6 Å². The third kappa shape index (κ3) is 5.41. The average Bonchev–Trinajstić information content (AvgIpc) is 3.47. The number of halogens is 1. The maximum absolute atomic E-state index is 12.4. The first kappa shape index (κ1) is 23.0. The molecule has 0 aliphatic heterocycles. The molecular weight excluding hydrogens is 462 g/mol. The third-order valence-corrected chi connectivity index (χ3v) is 5.12. The Bertz CT molecular complexity index is 1280. The van der Waals surface area contributed by atoms with E-state index in [0.29, 0.717) is 34.5 Å². The Labute approximate surface area is 199 Å². The number of nitrogens with one attached hydrogen (secondary N) is 1. The molecule has 2 aromatic heterocycles. The van der Waals surface area contributed by atoms with Gasteiger partial charge in [0.25, 0.3) is 5.91 Å². The van der Waals surface area contributed by atoms with E-state index in [9.17, 15) is 9.59 Å². The second kappa shape index (κ2) is 10.2. The number of rotatable bonds is 8. The number of esters is 1. The summed E-state index contributed by atoms with van der Waals surface area (Å²) in [5.41, 5.74) is 2.89. The van der Waals surface area contributed by atoms with Crippen molar-refractivity contribution >= 4 is 29.2 Å². The fourth-order valence-corrected chi connectivity index (χ4v) is 3.26. The van der Waals surface area contributed by atoms with Crippen LogP contribution in [0.25, 0.3) is 5.69 Å². The van der Waals surface area contributed by atoms with Crippen molar-refractivity contribution < 1.29 is 23.6 Å². The monoisotopic (exact) mass is 481 g/mol. The standard InChI is InChI=1S/C23H20ClN5O5/c1-14-19(15(2)34-28-14)10-32-18-6-3-16(4-7-18)23(31)33-11-22(30)27-20-9-17(24)5-8-21(20)29-13-25-12-26-29/h3-9,12-13H,10-11H2,1-2H3,(H,27,30). The van der Waals surface area contributed by atoms with Crippen molar-refractivity contribution in [1.82, 2.24) is 19.9 Å². The van der Waals surface area contributed by atoms with Gasteiger partial charge in [0.05, 0.1) is 28.2 Å². The number of ether oxygens (including phenoxy) is 2. The van der Waals surface area contributed by atoms with Crippen LogP contribution in [0, 0.1) is 13.8 Å². The highest BCUT2D eigenvalue weighted by molar-refractivity contribution is 6.31. The largest absolute Gasteiger partial charge is 0.489 e. The summed E-state index contributed by atoms with van der Waals surface area (Å²) in [6, 6.07) is 11.3. The lowest BCUT2D eigenvalue weighted by molar-refractivity contribution is -0.119. The van der Waals surface area contributed by atoms with Crippen LogP contribution in [0.4, 0.5) is 5.69 Å². The Morgan fingerprint density at radius 2 is 1.94 bits per heavy atom. The highest BCUT2D eigenvalue weighted by atomic mass is 35.5. The molecule has 1 N–H and O–H groups in total. The normalized spacial score (nSPS) is 10.7. The molecule has 0 saturated heterocycles. The molecule has 0 aliphatic carbocycles. The molecule has 0 bridgehead atoms. The van der Waals surface area contributed by atoms with Crippen LogP contribution in [0.3, 0.4) is 0 Å². The topological polar surface area (TPSA) is 121 Å². The summed E-state index contributed by atoms with van der Waals surface area (Å²) in [6.07, 6.45) is 2.86. The van der Waals surface area contributed by atoms with Crippen LogP contribution in [-0.4, -0.2) is 38.4 Å². The van der Waals surface area contributed by atoms with Crippen LogP contribution in [0.1, 0.15) is 27.4 Å². The van der Waals surface area contributed by atoms with E-state index in [1.54, 1.807) is 42.5 Å². The molecule has 0 spiro atoms. The number of aryl methyl sites for hydroxylation is 2. The van der Waals surface area contributed by atoms with Crippen LogP contribution >= 0.6 is 11.6 Å². The van der Waals surface area contributed by atoms with Crippen LogP contribution < -0.4 is 10.1 Å². The molecule has 0 unspecified atom stereocenters. The van der Waals surface area contributed by atoms with Crippen LogP contribution in [0.15, 0.2) is 59.6 Å². The van der Waals surface area contributed by atoms with Gasteiger partial charge in [-0.1, -0.05) is 16.8 Å². The van der Waals surface area contributed by atoms with Crippen molar-refractivity contribution in [1.29, 1.82) is 0 Å². The van der Waals surface area contributed by atoms with Crippen LogP contribution in [-0.2, 0) is 16.1 Å². The molecular formula is C23H20ClN5O5. The van der Waals surface area contributed by atoms with Crippen LogP contribution in [0.2, 0.25) is 5.02 Å². The van der Waals surface area contributed by atoms with Gasteiger partial charge in [0, 0.05) is 5.02 Å². The molecule has 1 amide bonds. The lowest BCUT2D eigenvalue weighted by Gasteiger charge is -2.12. The summed E-state index contributed by atoms with van der Waals surface area (Å²) < 4.78 is 17.4. The van der Waals surface area contributed by atoms with E-state index in [0.717, 1.165) is 11.3 Å². The van der Waals surface area contributed by atoms with Gasteiger partial charge in [-0.15, -0.1) is 0 Å². The van der Waals surface area contributed by atoms with Gasteiger partial charge in [-0.05, 0) is 56.3 Å². The summed E-state index contributed by atoms with van der Waals surface area (Å²) in [6.45, 7) is 3.47. The van der Waals surface area contributed by atoms with E-state index < -0.39 is 18.5 Å². The Morgan fingerprint density at radius 3 is 2.62 bits per heavy atom. The number of anilines is 1. The second-order valence-electron chi connectivity index (χ2n) is 7.24. The number of carbonyl (C=O) groups excluding carboxylic acids is 2. The van der Waals surface area contributed by atoms with Crippen molar-refractivity contribution in [3.8, 4) is 11.4 Å². The van der Waals surface area contributed by atoms with Gasteiger partial charge in [-0.25, -0.2) is 14.5 Å². The van der Waals surface area contributed by atoms with Crippen molar-refractivity contribution in [2.45, 2.75) is 20.5 Å². The smallest absolute Gasteiger partial charge is 0.338 e. The number of carbonyl (C=O) groups is 2. The molecule has 0 aliphatic rings. The van der Waals surface area contributed by atoms with E-state index in [1.165, 1.54) is 17.3 Å². The molecule has 0 radical (unpaired) electrons. The minimum Gasteiger partial charge on any atom is -0.489 e. The Morgan fingerprint density at radius 1 is 1.15 bits per heavy atom. The van der Waals surface area contributed by atoms with Crippen molar-refractivity contribution in [2.24, 2.45) is 0 Å². The average molecular weight is 482 g/mol. The number of hydrogen-bond donors (Lipinski definition) is 1. The van der Waals surface area contributed by atoms with Gasteiger partial charge < -0.3 is 19.3 Å². The third-order valence-electron chi connectivity index (χ3n) is 4.89. The molecule has 2 aromatic carbocycles. The summed E-state index contributed by atoms with van der Waals surface area (Å²) in [4.78, 5) is 28.6. The zero-order valence-corrected chi connectivity index (χ0v) is 19.1. The zero-order chi connectivity index (χ0) is 24.1. The summed E-state index contributed by atoms with van der Waals surface area (Å²) >= 11 is 6.05. The highest BCUT2D eigenvalue weighted by Gasteiger charge is 2.14. The van der Waals surface area contributed by atoms with Gasteiger partial charge in [0.2, 0.25) is 0 Å². The van der Waals surface area contributed by atoms with Gasteiger partial charge in [0.15, 0.2) is 6.61 Å². The molecule has 4 rings (SSSR count). The molecule has 4 aromatic rings. The summed E-state index contributed by atoms with van der Waals surface area (Å²) in [5, 5.41) is 11.0. The minimum atomic E-state index is -0.644. The molecule has 174 valence electrons. The molecule has 0 atom stereocenters. The molecule has 10 nitrogen and oxygen atoms in total. The van der Waals surface area contributed by atoms with E-state index in [1.807, 2.05) is 13.8 Å². The SMILES string of the molecule is Cc1noc(C)c1COc1ccc(C(=O)OCC(=O)Nc2cc(Cl)ccc2-n2cncn2)cc1. The fourth-order valence-electron chi connectivity index (χ4n) is 3.09. The first-order valence-corrected chi connectivity index (χ1v) is 10.5. The Hall–Kier alpha value is -4.18. The second-order valence-corrected chi connectivity index (χ2v) is 7.68. The molecule has 2 heterocycles. The first-order valence-electron chi connectivity index (χ1n) is 10.2. The van der Waals surface area contributed by atoms with E-state index in [-0.39, 0.29) is 5.56 Å². The van der Waals surface area contributed by atoms with E-state index >= 15 is 0 Å². The number of hydrogen-bond acceptors (Lipinski definition) is 8. The number of benzene rings is 2.